The Labute approximate surface area is 146 Å². The number of H-pyrrole nitrogens is 1. The van der Waals surface area contributed by atoms with Crippen LogP contribution in [0.3, 0.4) is 0 Å². The zero-order valence-electron chi connectivity index (χ0n) is 14.3. The zero-order chi connectivity index (χ0) is 16.6. The summed E-state index contributed by atoms with van der Waals surface area (Å²) < 4.78 is 6.55. The first-order valence-corrected chi connectivity index (χ1v) is 9.45. The van der Waals surface area contributed by atoms with Crippen molar-refractivity contribution >= 4 is 16.7 Å². The molecule has 0 spiro atoms. The SMILES string of the molecule is O=C1C=C[C@@]23CCCC2(C1)N1CCc2c([nH]c4ccccc24)[C@@H]1CO3. The summed E-state index contributed by atoms with van der Waals surface area (Å²) in [5.74, 6) is 0.254. The minimum Gasteiger partial charge on any atom is -0.367 e. The second kappa shape index (κ2) is 4.63. The van der Waals surface area contributed by atoms with Crippen LogP contribution in [0.25, 0.3) is 10.9 Å². The number of aromatic nitrogens is 1. The van der Waals surface area contributed by atoms with Gasteiger partial charge in [-0.15, -0.1) is 0 Å². The number of benzene rings is 1. The van der Waals surface area contributed by atoms with Crippen molar-refractivity contribution in [2.24, 2.45) is 0 Å². The average Bonchev–Trinajstić information content (AvgIpc) is 3.20. The number of rotatable bonds is 0. The number of para-hydroxylation sites is 1. The number of hydrogen-bond donors (Lipinski definition) is 1. The fraction of sp³-hybridized carbons (Fsp3) is 0.476. The van der Waals surface area contributed by atoms with Crippen LogP contribution in [0, 0.1) is 0 Å². The predicted molar refractivity (Wildman–Crippen MR) is 95.5 cm³/mol. The standard InChI is InChI=1S/C21H22N2O2/c24-14-6-10-21-9-3-8-20(21,12-14)23-11-7-16-15-4-1-2-5-17(15)22-19(16)18(23)13-25-21/h1-2,4-6,10,18,22H,3,7-9,11-13H2/t18-,20?,21-/m0/s1. The highest BCUT2D eigenvalue weighted by molar-refractivity contribution is 5.92. The highest BCUT2D eigenvalue weighted by Crippen LogP contribution is 2.57. The first kappa shape index (κ1) is 14.3. The summed E-state index contributed by atoms with van der Waals surface area (Å²) in [6.07, 6.45) is 8.75. The van der Waals surface area contributed by atoms with Gasteiger partial charge >= 0.3 is 0 Å². The average molecular weight is 334 g/mol. The van der Waals surface area contributed by atoms with E-state index in [1.54, 1.807) is 6.08 Å². The largest absolute Gasteiger partial charge is 0.367 e. The molecule has 4 aliphatic rings. The van der Waals surface area contributed by atoms with Crippen molar-refractivity contribution < 1.29 is 9.53 Å². The summed E-state index contributed by atoms with van der Waals surface area (Å²) in [6.45, 7) is 1.73. The van der Waals surface area contributed by atoms with Gasteiger partial charge < -0.3 is 9.72 Å². The lowest BCUT2D eigenvalue weighted by Crippen LogP contribution is -2.69. The second-order valence-electron chi connectivity index (χ2n) is 8.08. The maximum Gasteiger partial charge on any atom is 0.157 e. The van der Waals surface area contributed by atoms with Crippen molar-refractivity contribution in [3.05, 3.63) is 47.7 Å². The Kier molecular flexibility index (Phi) is 2.64. The van der Waals surface area contributed by atoms with Crippen LogP contribution in [0.15, 0.2) is 36.4 Å². The van der Waals surface area contributed by atoms with Crippen molar-refractivity contribution in [1.29, 1.82) is 0 Å². The number of carbonyl (C=O) groups is 1. The van der Waals surface area contributed by atoms with Gasteiger partial charge in [-0.3, -0.25) is 9.69 Å². The first-order valence-electron chi connectivity index (χ1n) is 9.45. The van der Waals surface area contributed by atoms with Crippen LogP contribution in [0.5, 0.6) is 0 Å². The van der Waals surface area contributed by atoms with Gasteiger partial charge in [0, 0.05) is 29.6 Å². The van der Waals surface area contributed by atoms with Gasteiger partial charge in [0.2, 0.25) is 0 Å². The van der Waals surface area contributed by atoms with Crippen LogP contribution in [0.1, 0.15) is 43.0 Å². The van der Waals surface area contributed by atoms with Gasteiger partial charge in [0.15, 0.2) is 5.78 Å². The molecule has 3 atom stereocenters. The Hall–Kier alpha value is -1.91. The number of allylic oxidation sites excluding steroid dienone is 1. The second-order valence-corrected chi connectivity index (χ2v) is 8.08. The van der Waals surface area contributed by atoms with Gasteiger partial charge in [-0.1, -0.05) is 18.2 Å². The van der Waals surface area contributed by atoms with Crippen LogP contribution in [0.4, 0.5) is 0 Å². The van der Waals surface area contributed by atoms with Crippen molar-refractivity contribution in [3.8, 4) is 0 Å². The number of nitrogens with zero attached hydrogens (tertiary/aromatic N) is 1. The van der Waals surface area contributed by atoms with Crippen molar-refractivity contribution in [3.63, 3.8) is 0 Å². The summed E-state index contributed by atoms with van der Waals surface area (Å²) in [5.41, 5.74) is 3.58. The smallest absolute Gasteiger partial charge is 0.157 e. The quantitative estimate of drug-likeness (QED) is 0.804. The molecule has 4 nitrogen and oxygen atoms in total. The van der Waals surface area contributed by atoms with E-state index in [0.29, 0.717) is 13.0 Å². The first-order chi connectivity index (χ1) is 12.2. The van der Waals surface area contributed by atoms with E-state index >= 15 is 0 Å². The van der Waals surface area contributed by atoms with E-state index in [1.165, 1.54) is 22.2 Å². The molecular weight excluding hydrogens is 312 g/mol. The van der Waals surface area contributed by atoms with Gasteiger partial charge in [-0.25, -0.2) is 0 Å². The third kappa shape index (κ3) is 1.62. The molecule has 1 unspecified atom stereocenters. The van der Waals surface area contributed by atoms with Crippen LogP contribution in [-0.4, -0.2) is 40.0 Å². The van der Waals surface area contributed by atoms with Crippen LogP contribution < -0.4 is 0 Å². The minimum atomic E-state index is -0.249. The summed E-state index contributed by atoms with van der Waals surface area (Å²) >= 11 is 0. The molecule has 1 N–H and O–H groups in total. The van der Waals surface area contributed by atoms with E-state index in [-0.39, 0.29) is 23.0 Å². The topological polar surface area (TPSA) is 45.3 Å². The highest BCUT2D eigenvalue weighted by atomic mass is 16.5. The molecule has 2 aliphatic carbocycles. The predicted octanol–water partition coefficient (Wildman–Crippen LogP) is 3.29. The molecule has 6 rings (SSSR count). The molecule has 2 aromatic rings. The van der Waals surface area contributed by atoms with E-state index < -0.39 is 0 Å². The number of morpholine rings is 1. The van der Waals surface area contributed by atoms with E-state index in [2.05, 4.69) is 40.2 Å². The lowest BCUT2D eigenvalue weighted by molar-refractivity contribution is -0.194. The number of carbonyl (C=O) groups excluding carboxylic acids is 1. The highest BCUT2D eigenvalue weighted by Gasteiger charge is 2.64. The normalized spacial score (nSPS) is 36.8. The Bertz CT molecular complexity index is 929. The van der Waals surface area contributed by atoms with Gasteiger partial charge in [0.1, 0.15) is 5.60 Å². The molecule has 4 heteroatoms. The van der Waals surface area contributed by atoms with Gasteiger partial charge in [0.25, 0.3) is 0 Å². The van der Waals surface area contributed by atoms with Crippen molar-refractivity contribution in [2.75, 3.05) is 13.2 Å². The fourth-order valence-electron chi connectivity index (χ4n) is 6.11. The Morgan fingerprint density at radius 1 is 1.24 bits per heavy atom. The number of fused-ring (bicyclic) bond motifs is 5. The molecule has 1 aromatic carbocycles. The molecule has 2 fully saturated rings. The number of ether oxygens (including phenoxy) is 1. The molecule has 0 amide bonds. The molecule has 1 saturated carbocycles. The van der Waals surface area contributed by atoms with Crippen molar-refractivity contribution in [2.45, 2.75) is 49.3 Å². The fourth-order valence-corrected chi connectivity index (χ4v) is 6.11. The molecular formula is C21H22N2O2. The third-order valence-electron chi connectivity index (χ3n) is 7.14. The summed E-state index contributed by atoms with van der Waals surface area (Å²) in [6, 6.07) is 8.82. The van der Waals surface area contributed by atoms with Gasteiger partial charge in [-0.05, 0) is 49.5 Å². The van der Waals surface area contributed by atoms with Crippen LogP contribution in [-0.2, 0) is 16.0 Å². The molecule has 1 aromatic heterocycles. The number of nitrogens with one attached hydrogen (secondary N) is 1. The lowest BCUT2D eigenvalue weighted by atomic mass is 9.70. The van der Waals surface area contributed by atoms with E-state index in [0.717, 1.165) is 32.2 Å². The van der Waals surface area contributed by atoms with Gasteiger partial charge in [-0.2, -0.15) is 0 Å². The summed E-state index contributed by atoms with van der Waals surface area (Å²) in [4.78, 5) is 18.6. The molecule has 0 bridgehead atoms. The number of hydrogen-bond acceptors (Lipinski definition) is 3. The van der Waals surface area contributed by atoms with E-state index in [9.17, 15) is 4.79 Å². The van der Waals surface area contributed by atoms with Crippen molar-refractivity contribution in [1.82, 2.24) is 9.88 Å². The number of aromatic amines is 1. The Balaban J connectivity index is 1.52. The Morgan fingerprint density at radius 3 is 3.12 bits per heavy atom. The maximum atomic E-state index is 12.3. The Morgan fingerprint density at radius 2 is 2.16 bits per heavy atom. The molecule has 2 aliphatic heterocycles. The summed E-state index contributed by atoms with van der Waals surface area (Å²) in [5, 5.41) is 1.34. The third-order valence-corrected chi connectivity index (χ3v) is 7.14. The molecule has 0 radical (unpaired) electrons. The number of ketones is 1. The monoisotopic (exact) mass is 334 g/mol. The van der Waals surface area contributed by atoms with E-state index in [1.807, 2.05) is 0 Å². The van der Waals surface area contributed by atoms with Crippen LogP contribution in [0.2, 0.25) is 0 Å². The summed E-state index contributed by atoms with van der Waals surface area (Å²) in [7, 11) is 0. The van der Waals surface area contributed by atoms with E-state index in [4.69, 9.17) is 4.74 Å². The molecule has 25 heavy (non-hydrogen) atoms. The zero-order valence-corrected chi connectivity index (χ0v) is 14.3. The van der Waals surface area contributed by atoms with Crippen LogP contribution >= 0.6 is 0 Å². The molecule has 128 valence electrons. The maximum absolute atomic E-state index is 12.3. The van der Waals surface area contributed by atoms with Gasteiger partial charge in [0.05, 0.1) is 18.2 Å². The molecule has 3 heterocycles. The lowest BCUT2D eigenvalue weighted by Gasteiger charge is -2.59. The molecule has 1 saturated heterocycles. The minimum absolute atomic E-state index is 0.142.